The maximum absolute atomic E-state index is 12.6. The molecule has 1 atom stereocenters. The minimum Gasteiger partial charge on any atom is -0.347 e. The first kappa shape index (κ1) is 18.1. The van der Waals surface area contributed by atoms with Crippen molar-refractivity contribution >= 4 is 11.8 Å². The van der Waals surface area contributed by atoms with Crippen molar-refractivity contribution in [3.63, 3.8) is 0 Å². The van der Waals surface area contributed by atoms with Gasteiger partial charge in [-0.1, -0.05) is 13.8 Å². The Labute approximate surface area is 153 Å². The molecule has 2 aromatic heterocycles. The van der Waals surface area contributed by atoms with Gasteiger partial charge in [0.2, 0.25) is 0 Å². The van der Waals surface area contributed by atoms with Crippen LogP contribution in [0.3, 0.4) is 0 Å². The fraction of sp³-hybridized carbons (Fsp3) is 0.474. The van der Waals surface area contributed by atoms with Crippen molar-refractivity contribution in [3.05, 3.63) is 46.5 Å². The molecule has 0 radical (unpaired) electrons. The average molecular weight is 355 g/mol. The third-order valence-electron chi connectivity index (χ3n) is 4.59. The van der Waals surface area contributed by atoms with E-state index in [0.717, 1.165) is 23.5 Å². The molecule has 7 heteroatoms. The first-order valence-corrected chi connectivity index (χ1v) is 8.94. The van der Waals surface area contributed by atoms with E-state index < -0.39 is 0 Å². The second-order valence-electron chi connectivity index (χ2n) is 7.21. The molecule has 0 saturated carbocycles. The number of aryl methyl sites for hydroxylation is 2. The van der Waals surface area contributed by atoms with E-state index in [0.29, 0.717) is 30.3 Å². The number of nitrogens with one attached hydrogen (secondary N) is 2. The second-order valence-corrected chi connectivity index (χ2v) is 7.21. The first-order valence-electron chi connectivity index (χ1n) is 8.94. The predicted octanol–water partition coefficient (Wildman–Crippen LogP) is 2.19. The molecule has 1 fully saturated rings. The molecule has 26 heavy (non-hydrogen) atoms. The summed E-state index contributed by atoms with van der Waals surface area (Å²) in [5, 5.41) is 10.1. The van der Waals surface area contributed by atoms with Crippen molar-refractivity contribution < 1.29 is 9.59 Å². The zero-order valence-electron chi connectivity index (χ0n) is 15.7. The van der Waals surface area contributed by atoms with Crippen molar-refractivity contribution in [3.8, 4) is 0 Å². The van der Waals surface area contributed by atoms with Gasteiger partial charge >= 0.3 is 0 Å². The number of nitrogens with zero attached hydrogens (tertiary/aromatic N) is 3. The van der Waals surface area contributed by atoms with Crippen LogP contribution in [-0.2, 0) is 0 Å². The van der Waals surface area contributed by atoms with E-state index in [4.69, 9.17) is 0 Å². The number of aromatic nitrogens is 3. The van der Waals surface area contributed by atoms with Crippen LogP contribution in [0.1, 0.15) is 64.1 Å². The van der Waals surface area contributed by atoms with Crippen molar-refractivity contribution in [2.45, 2.75) is 46.1 Å². The zero-order chi connectivity index (χ0) is 18.8. The highest BCUT2D eigenvalue weighted by Gasteiger charge is 2.29. The van der Waals surface area contributed by atoms with Crippen molar-refractivity contribution in [2.75, 3.05) is 13.1 Å². The Morgan fingerprint density at radius 3 is 2.54 bits per heavy atom. The largest absolute Gasteiger partial charge is 0.347 e. The number of H-pyrrole nitrogens is 1. The maximum Gasteiger partial charge on any atom is 0.274 e. The number of hydrogen-bond donors (Lipinski definition) is 2. The number of rotatable bonds is 4. The van der Waals surface area contributed by atoms with Crippen LogP contribution < -0.4 is 5.32 Å². The summed E-state index contributed by atoms with van der Waals surface area (Å²) in [6, 6.07) is 5.31. The fourth-order valence-corrected chi connectivity index (χ4v) is 3.20. The molecule has 0 spiro atoms. The van der Waals surface area contributed by atoms with Crippen LogP contribution in [0.25, 0.3) is 0 Å². The summed E-state index contributed by atoms with van der Waals surface area (Å²) in [5.41, 5.74) is 3.62. The summed E-state index contributed by atoms with van der Waals surface area (Å²) >= 11 is 0. The summed E-state index contributed by atoms with van der Waals surface area (Å²) in [7, 11) is 0. The number of likely N-dealkylation sites (tertiary alicyclic amines) is 1. The lowest BCUT2D eigenvalue weighted by Gasteiger charge is -2.16. The van der Waals surface area contributed by atoms with Crippen molar-refractivity contribution in [2.24, 2.45) is 0 Å². The molecule has 3 heterocycles. The van der Waals surface area contributed by atoms with Crippen LogP contribution in [0, 0.1) is 13.8 Å². The van der Waals surface area contributed by atoms with E-state index in [2.05, 4.69) is 20.5 Å². The van der Waals surface area contributed by atoms with E-state index in [1.165, 1.54) is 0 Å². The lowest BCUT2D eigenvalue weighted by molar-refractivity contribution is 0.0777. The van der Waals surface area contributed by atoms with Gasteiger partial charge in [-0.15, -0.1) is 0 Å². The third-order valence-corrected chi connectivity index (χ3v) is 4.59. The van der Waals surface area contributed by atoms with Gasteiger partial charge in [0.1, 0.15) is 5.69 Å². The third kappa shape index (κ3) is 3.92. The van der Waals surface area contributed by atoms with Gasteiger partial charge in [-0.25, -0.2) is 0 Å². The van der Waals surface area contributed by atoms with Crippen LogP contribution in [0.5, 0.6) is 0 Å². The molecule has 138 valence electrons. The van der Waals surface area contributed by atoms with Gasteiger partial charge in [-0.05, 0) is 44.4 Å². The Kier molecular flexibility index (Phi) is 5.06. The monoisotopic (exact) mass is 355 g/mol. The lowest BCUT2D eigenvalue weighted by atomic mass is 10.1. The maximum atomic E-state index is 12.6. The Balaban J connectivity index is 1.61. The second kappa shape index (κ2) is 7.27. The standard InChI is InChI=1S/C19H25N5O2/c1-11(2)16-9-17(23-22-16)19(26)24-6-5-15(10-24)21-18(25)14-7-12(3)20-13(4)8-14/h7-9,11,15H,5-6,10H2,1-4H3,(H,21,25)(H,22,23). The average Bonchev–Trinajstić information content (AvgIpc) is 3.22. The Hall–Kier alpha value is -2.70. The molecule has 3 rings (SSSR count). The van der Waals surface area contributed by atoms with Crippen LogP contribution in [0.15, 0.2) is 18.2 Å². The summed E-state index contributed by atoms with van der Waals surface area (Å²) in [6.45, 7) is 8.95. The number of amides is 2. The number of carbonyl (C=O) groups excluding carboxylic acids is 2. The summed E-state index contributed by atoms with van der Waals surface area (Å²) in [6.07, 6.45) is 0.738. The highest BCUT2D eigenvalue weighted by Crippen LogP contribution is 2.17. The van der Waals surface area contributed by atoms with Crippen LogP contribution in [-0.4, -0.2) is 51.0 Å². The molecule has 0 aliphatic carbocycles. The van der Waals surface area contributed by atoms with Crippen LogP contribution in [0.4, 0.5) is 0 Å². The predicted molar refractivity (Wildman–Crippen MR) is 98.2 cm³/mol. The minimum absolute atomic E-state index is 0.0521. The quantitative estimate of drug-likeness (QED) is 0.879. The Morgan fingerprint density at radius 1 is 1.23 bits per heavy atom. The summed E-state index contributed by atoms with van der Waals surface area (Å²) in [5.74, 6) is 0.0715. The van der Waals surface area contributed by atoms with Gasteiger partial charge in [0, 0.05) is 41.8 Å². The van der Waals surface area contributed by atoms with Gasteiger partial charge in [0.15, 0.2) is 0 Å². The van der Waals surface area contributed by atoms with E-state index in [9.17, 15) is 9.59 Å². The molecule has 1 aliphatic heterocycles. The van der Waals surface area contributed by atoms with Gasteiger partial charge in [0.05, 0.1) is 0 Å². The van der Waals surface area contributed by atoms with E-state index in [-0.39, 0.29) is 17.9 Å². The number of pyridine rings is 1. The van der Waals surface area contributed by atoms with E-state index in [1.54, 1.807) is 23.1 Å². The molecule has 1 aliphatic rings. The van der Waals surface area contributed by atoms with Crippen LogP contribution in [0.2, 0.25) is 0 Å². The molecule has 2 amide bonds. The smallest absolute Gasteiger partial charge is 0.274 e. The number of carbonyl (C=O) groups is 2. The first-order chi connectivity index (χ1) is 12.3. The van der Waals surface area contributed by atoms with Crippen LogP contribution >= 0.6 is 0 Å². The molecule has 7 nitrogen and oxygen atoms in total. The highest BCUT2D eigenvalue weighted by atomic mass is 16.2. The van der Waals surface area contributed by atoms with Gasteiger partial charge in [0.25, 0.3) is 11.8 Å². The zero-order valence-corrected chi connectivity index (χ0v) is 15.7. The fourth-order valence-electron chi connectivity index (χ4n) is 3.20. The van der Waals surface area contributed by atoms with Crippen molar-refractivity contribution in [1.82, 2.24) is 25.4 Å². The topological polar surface area (TPSA) is 91.0 Å². The minimum atomic E-state index is -0.125. The van der Waals surface area contributed by atoms with E-state index in [1.807, 2.05) is 27.7 Å². The molecule has 0 bridgehead atoms. The highest BCUT2D eigenvalue weighted by molar-refractivity contribution is 5.95. The Bertz CT molecular complexity index is 807. The lowest BCUT2D eigenvalue weighted by Crippen LogP contribution is -2.38. The molecule has 0 aromatic carbocycles. The molecule has 1 unspecified atom stereocenters. The molecule has 1 saturated heterocycles. The summed E-state index contributed by atoms with van der Waals surface area (Å²) < 4.78 is 0. The molecular weight excluding hydrogens is 330 g/mol. The van der Waals surface area contributed by atoms with Gasteiger partial charge < -0.3 is 10.2 Å². The molecule has 2 N–H and O–H groups in total. The number of hydrogen-bond acceptors (Lipinski definition) is 4. The molecular formula is C19H25N5O2. The SMILES string of the molecule is Cc1cc(C(=O)NC2CCN(C(=O)c3cc(C(C)C)[nH]n3)C2)cc(C)n1. The molecule has 2 aromatic rings. The summed E-state index contributed by atoms with van der Waals surface area (Å²) in [4.78, 5) is 31.1. The normalized spacial score (nSPS) is 17.0. The van der Waals surface area contributed by atoms with Crippen molar-refractivity contribution in [1.29, 1.82) is 0 Å². The number of aromatic amines is 1. The Morgan fingerprint density at radius 2 is 1.92 bits per heavy atom. The van der Waals surface area contributed by atoms with Gasteiger partial charge in [-0.3, -0.25) is 19.7 Å². The van der Waals surface area contributed by atoms with E-state index >= 15 is 0 Å². The van der Waals surface area contributed by atoms with Gasteiger partial charge in [-0.2, -0.15) is 5.10 Å².